The largest absolute Gasteiger partial charge is 0.367 e. The quantitative estimate of drug-likeness (QED) is 0.200. The van der Waals surface area contributed by atoms with Gasteiger partial charge in [0.1, 0.15) is 0 Å². The Morgan fingerprint density at radius 1 is 0.526 bits per heavy atom. The molecule has 6 heteroatoms. The molecule has 0 radical (unpaired) electrons. The molecule has 0 amide bonds. The van der Waals surface area contributed by atoms with Gasteiger partial charge in [-0.1, -0.05) is 13.8 Å². The van der Waals surface area contributed by atoms with Crippen LogP contribution in [0.25, 0.3) is 68.6 Å². The van der Waals surface area contributed by atoms with Gasteiger partial charge in [0, 0.05) is 80.2 Å². The summed E-state index contributed by atoms with van der Waals surface area (Å²) < 4.78 is 0. The van der Waals surface area contributed by atoms with Gasteiger partial charge < -0.3 is 19.9 Å². The Labute approximate surface area is 220 Å². The number of aryl methyl sites for hydroxylation is 2. The molecule has 2 aliphatic rings. The maximum absolute atomic E-state index is 5.14. The predicted octanol–water partition coefficient (Wildman–Crippen LogP) is 7.77. The van der Waals surface area contributed by atoms with E-state index in [-0.39, 0.29) is 0 Å². The zero-order chi connectivity index (χ0) is 25.6. The topological polar surface area (TPSA) is 88.9 Å². The van der Waals surface area contributed by atoms with Gasteiger partial charge in [-0.3, -0.25) is 0 Å². The van der Waals surface area contributed by atoms with Crippen molar-refractivity contribution in [2.45, 2.75) is 26.7 Å². The minimum absolute atomic E-state index is 0.857. The maximum atomic E-state index is 5.14. The monoisotopic (exact) mass is 496 g/mol. The zero-order valence-corrected chi connectivity index (χ0v) is 21.4. The number of fused-ring (bicyclic) bond motifs is 8. The molecule has 2 aliphatic heterocycles. The molecule has 186 valence electrons. The van der Waals surface area contributed by atoms with E-state index >= 15 is 0 Å². The molecular weight excluding hydrogens is 468 g/mol. The van der Waals surface area contributed by atoms with Crippen LogP contribution in [0.15, 0.2) is 61.2 Å². The van der Waals surface area contributed by atoms with E-state index in [0.717, 1.165) is 79.9 Å². The van der Waals surface area contributed by atoms with Crippen LogP contribution in [0.4, 0.5) is 0 Å². The highest BCUT2D eigenvalue weighted by molar-refractivity contribution is 5.95. The van der Waals surface area contributed by atoms with Gasteiger partial charge >= 0.3 is 0 Å². The molecule has 5 aromatic rings. The number of nitrogens with one attached hydrogen (secondary N) is 4. The van der Waals surface area contributed by atoms with Crippen molar-refractivity contribution in [2.24, 2.45) is 0 Å². The molecule has 38 heavy (non-hydrogen) atoms. The number of hydrogen-bond donors (Lipinski definition) is 4. The number of H-pyrrole nitrogens is 4. The van der Waals surface area contributed by atoms with Gasteiger partial charge in [-0.15, -0.1) is 0 Å². The minimum atomic E-state index is 0.857. The van der Waals surface area contributed by atoms with Crippen LogP contribution in [0.2, 0.25) is 0 Å². The second-order valence-electron chi connectivity index (χ2n) is 9.62. The van der Waals surface area contributed by atoms with E-state index in [4.69, 9.17) is 9.97 Å². The Morgan fingerprint density at radius 3 is 1.42 bits per heavy atom. The number of aromatic amines is 4. The minimum Gasteiger partial charge on any atom is -0.367 e. The van der Waals surface area contributed by atoms with Gasteiger partial charge in [0.25, 0.3) is 0 Å². The first kappa shape index (κ1) is 22.4. The second kappa shape index (κ2) is 8.92. The zero-order valence-electron chi connectivity index (χ0n) is 21.4. The van der Waals surface area contributed by atoms with Crippen LogP contribution in [0.1, 0.15) is 47.8 Å². The average Bonchev–Trinajstić information content (AvgIpc) is 3.77. The van der Waals surface area contributed by atoms with Crippen LogP contribution in [-0.2, 0) is 12.8 Å². The highest BCUT2D eigenvalue weighted by Crippen LogP contribution is 2.34. The van der Waals surface area contributed by atoms with Crippen molar-refractivity contribution >= 4 is 46.4 Å². The fraction of sp³-hybridized carbons (Fsp3) is 0.125. The van der Waals surface area contributed by atoms with Crippen molar-refractivity contribution in [2.75, 3.05) is 0 Å². The molecule has 0 saturated carbocycles. The van der Waals surface area contributed by atoms with E-state index in [1.807, 2.05) is 24.8 Å². The summed E-state index contributed by atoms with van der Waals surface area (Å²) in [7, 11) is 0. The fourth-order valence-corrected chi connectivity index (χ4v) is 5.63. The lowest BCUT2D eigenvalue weighted by molar-refractivity contribution is 1.11. The normalized spacial score (nSPS) is 12.5. The number of nitrogens with zero attached hydrogens (tertiary/aromatic N) is 2. The van der Waals surface area contributed by atoms with E-state index in [2.05, 4.69) is 94.5 Å². The lowest BCUT2D eigenvalue weighted by Crippen LogP contribution is -1.91. The summed E-state index contributed by atoms with van der Waals surface area (Å²) >= 11 is 0. The molecule has 0 aromatic carbocycles. The molecule has 0 aliphatic carbocycles. The van der Waals surface area contributed by atoms with E-state index in [1.54, 1.807) is 0 Å². The van der Waals surface area contributed by atoms with Crippen molar-refractivity contribution in [3.63, 3.8) is 0 Å². The Kier molecular flexibility index (Phi) is 5.25. The Bertz CT molecular complexity index is 1770. The van der Waals surface area contributed by atoms with Crippen LogP contribution in [0.3, 0.4) is 0 Å². The van der Waals surface area contributed by atoms with Gasteiger partial charge in [-0.2, -0.15) is 0 Å². The average molecular weight is 497 g/mol. The summed E-state index contributed by atoms with van der Waals surface area (Å²) in [5, 5.41) is 0. The van der Waals surface area contributed by atoms with Gasteiger partial charge in [0.2, 0.25) is 0 Å². The number of aromatic nitrogens is 6. The highest BCUT2D eigenvalue weighted by Gasteiger charge is 2.17. The summed E-state index contributed by atoms with van der Waals surface area (Å²) in [5.74, 6) is 0. The molecule has 8 bridgehead atoms. The van der Waals surface area contributed by atoms with Gasteiger partial charge in [0.15, 0.2) is 0 Å². The van der Waals surface area contributed by atoms with Crippen molar-refractivity contribution < 1.29 is 0 Å². The van der Waals surface area contributed by atoms with Crippen LogP contribution in [0, 0.1) is 0 Å². The lowest BCUT2D eigenvalue weighted by Gasteiger charge is -2.03. The first-order valence-electron chi connectivity index (χ1n) is 13.1. The number of hydrogen-bond acceptors (Lipinski definition) is 2. The highest BCUT2D eigenvalue weighted by atomic mass is 14.8. The third kappa shape index (κ3) is 3.57. The molecule has 0 atom stereocenters. The lowest BCUT2D eigenvalue weighted by atomic mass is 10.1. The molecule has 4 N–H and O–H groups in total. The van der Waals surface area contributed by atoms with E-state index < -0.39 is 0 Å². The molecule has 0 saturated heterocycles. The van der Waals surface area contributed by atoms with Crippen molar-refractivity contribution in [3.05, 3.63) is 95.1 Å². The summed E-state index contributed by atoms with van der Waals surface area (Å²) in [6.07, 6.45) is 18.2. The van der Waals surface area contributed by atoms with E-state index in [0.29, 0.717) is 0 Å². The van der Waals surface area contributed by atoms with Gasteiger partial charge in [-0.05, 0) is 73.5 Å². The van der Waals surface area contributed by atoms with Crippen LogP contribution in [0.5, 0.6) is 0 Å². The SMILES string of the molecule is CCc1c2nc(c(-c3cc[nH]c3)c3nc(c(CC)c4ccc([nH]4)c(-c4cc[nH]c4)c4ccc1[nH]4)C=C3)C=C2. The predicted molar refractivity (Wildman–Crippen MR) is 157 cm³/mol. The molecular formula is C32H28N6. The van der Waals surface area contributed by atoms with Crippen LogP contribution in [-0.4, -0.2) is 29.9 Å². The molecule has 7 rings (SSSR count). The van der Waals surface area contributed by atoms with Gasteiger partial charge in [0.05, 0.1) is 22.8 Å². The standard InChI is InChI=1S/C32H28N6/c1-3-21-23-5-9-27(35-23)31(19-13-15-33-17-19)29-11-7-25(37-29)22(4-2)26-8-12-30(38-26)32(20-14-16-34-18-20)28-10-6-24(21)36-28/h5-18,33-35,37H,3-4H2,1-2H3. The van der Waals surface area contributed by atoms with Crippen LogP contribution < -0.4 is 0 Å². The first-order valence-corrected chi connectivity index (χ1v) is 13.1. The Hall–Kier alpha value is -4.84. The Balaban J connectivity index is 1.67. The smallest absolute Gasteiger partial charge is 0.0738 e. The first-order chi connectivity index (χ1) is 18.7. The van der Waals surface area contributed by atoms with E-state index in [9.17, 15) is 0 Å². The van der Waals surface area contributed by atoms with Crippen molar-refractivity contribution in [1.29, 1.82) is 0 Å². The summed E-state index contributed by atoms with van der Waals surface area (Å²) in [4.78, 5) is 24.1. The summed E-state index contributed by atoms with van der Waals surface area (Å²) in [6.45, 7) is 4.36. The third-order valence-corrected chi connectivity index (χ3v) is 7.45. The second-order valence-corrected chi connectivity index (χ2v) is 9.62. The number of rotatable bonds is 4. The van der Waals surface area contributed by atoms with Gasteiger partial charge in [-0.25, -0.2) is 9.97 Å². The summed E-state index contributed by atoms with van der Waals surface area (Å²) in [5.41, 5.74) is 14.8. The molecule has 5 aromatic heterocycles. The molecule has 0 spiro atoms. The van der Waals surface area contributed by atoms with Crippen molar-refractivity contribution in [1.82, 2.24) is 29.9 Å². The molecule has 0 fully saturated rings. The maximum Gasteiger partial charge on any atom is 0.0738 e. The summed E-state index contributed by atoms with van der Waals surface area (Å²) in [6, 6.07) is 12.9. The fourth-order valence-electron chi connectivity index (χ4n) is 5.63. The van der Waals surface area contributed by atoms with Crippen LogP contribution >= 0.6 is 0 Å². The molecule has 6 nitrogen and oxygen atoms in total. The third-order valence-electron chi connectivity index (χ3n) is 7.45. The molecule has 0 unspecified atom stereocenters. The Morgan fingerprint density at radius 2 is 0.974 bits per heavy atom. The molecule has 7 heterocycles. The van der Waals surface area contributed by atoms with E-state index in [1.165, 1.54) is 11.1 Å². The van der Waals surface area contributed by atoms with Crippen molar-refractivity contribution in [3.8, 4) is 22.3 Å².